The number of benzene rings is 3. The van der Waals surface area contributed by atoms with Crippen LogP contribution in [0.1, 0.15) is 37.3 Å². The Hall–Kier alpha value is -4.13. The fourth-order valence-corrected chi connectivity index (χ4v) is 3.39. The van der Waals surface area contributed by atoms with E-state index in [-0.39, 0.29) is 18.7 Å². The van der Waals surface area contributed by atoms with Crippen molar-refractivity contribution in [2.75, 3.05) is 5.32 Å². The van der Waals surface area contributed by atoms with Gasteiger partial charge in [0.15, 0.2) is 6.10 Å². The van der Waals surface area contributed by atoms with Gasteiger partial charge in [0, 0.05) is 18.5 Å². The number of amides is 3. The second kappa shape index (κ2) is 12.4. The zero-order chi connectivity index (χ0) is 25.2. The van der Waals surface area contributed by atoms with Gasteiger partial charge in [-0.2, -0.15) is 0 Å². The molecule has 0 aliphatic heterocycles. The van der Waals surface area contributed by atoms with E-state index in [1.807, 2.05) is 93.6 Å². The van der Waals surface area contributed by atoms with E-state index in [9.17, 15) is 14.4 Å². The molecular formula is C28H31N3O4. The molecule has 35 heavy (non-hydrogen) atoms. The van der Waals surface area contributed by atoms with Crippen molar-refractivity contribution in [3.8, 4) is 16.9 Å². The molecule has 0 saturated carbocycles. The van der Waals surface area contributed by atoms with E-state index in [0.29, 0.717) is 17.9 Å². The lowest BCUT2D eigenvalue weighted by atomic mass is 10.1. The highest BCUT2D eigenvalue weighted by atomic mass is 16.5. The summed E-state index contributed by atoms with van der Waals surface area (Å²) in [4.78, 5) is 36.7. The minimum Gasteiger partial charge on any atom is -0.481 e. The van der Waals surface area contributed by atoms with Crippen molar-refractivity contribution >= 4 is 23.4 Å². The van der Waals surface area contributed by atoms with Crippen LogP contribution in [0.2, 0.25) is 0 Å². The summed E-state index contributed by atoms with van der Waals surface area (Å²) in [6.07, 6.45) is -0.419. The maximum absolute atomic E-state index is 12.5. The van der Waals surface area contributed by atoms with Crippen LogP contribution in [-0.4, -0.2) is 23.8 Å². The lowest BCUT2D eigenvalue weighted by Crippen LogP contribution is -2.48. The van der Waals surface area contributed by atoms with Gasteiger partial charge in [-0.3, -0.25) is 25.2 Å². The van der Waals surface area contributed by atoms with Crippen LogP contribution in [0.25, 0.3) is 11.1 Å². The van der Waals surface area contributed by atoms with Crippen LogP contribution >= 0.6 is 0 Å². The molecule has 0 spiro atoms. The lowest BCUT2D eigenvalue weighted by molar-refractivity contribution is -0.133. The molecule has 0 heterocycles. The predicted octanol–water partition coefficient (Wildman–Crippen LogP) is 4.69. The molecule has 3 aromatic rings. The first-order chi connectivity index (χ1) is 16.9. The highest BCUT2D eigenvalue weighted by Gasteiger charge is 2.19. The van der Waals surface area contributed by atoms with E-state index >= 15 is 0 Å². The van der Waals surface area contributed by atoms with Gasteiger partial charge in [0.05, 0.1) is 0 Å². The topological polar surface area (TPSA) is 96.5 Å². The van der Waals surface area contributed by atoms with Crippen LogP contribution in [0.4, 0.5) is 5.69 Å². The number of rotatable bonds is 9. The maximum Gasteiger partial charge on any atom is 0.279 e. The summed E-state index contributed by atoms with van der Waals surface area (Å²) in [6.45, 7) is 5.78. The van der Waals surface area contributed by atoms with Crippen molar-refractivity contribution in [2.24, 2.45) is 0 Å². The molecule has 0 saturated heterocycles. The van der Waals surface area contributed by atoms with Crippen molar-refractivity contribution in [1.29, 1.82) is 0 Å². The number of nitrogens with one attached hydrogen (secondary N) is 3. The highest BCUT2D eigenvalue weighted by Crippen LogP contribution is 2.23. The molecule has 0 radical (unpaired) electrons. The molecule has 0 bridgehead atoms. The highest BCUT2D eigenvalue weighted by molar-refractivity contribution is 5.93. The third-order valence-corrected chi connectivity index (χ3v) is 5.60. The van der Waals surface area contributed by atoms with Gasteiger partial charge in [-0.25, -0.2) is 0 Å². The van der Waals surface area contributed by atoms with E-state index in [4.69, 9.17) is 4.74 Å². The Morgan fingerprint density at radius 3 is 2.09 bits per heavy atom. The molecule has 0 aliphatic rings. The standard InChI is InChI=1S/C28H31N3O4/c1-4-25(35-24-14-11-22(12-15-24)21-8-6-5-7-9-21)28(34)31-30-27(33)17-16-26(32)29-23-13-10-19(2)20(3)18-23/h5-15,18,25H,4,16-17H2,1-3H3,(H,29,32)(H,30,33)(H,31,34). The van der Waals surface area contributed by atoms with Gasteiger partial charge >= 0.3 is 0 Å². The number of carbonyl (C=O) groups is 3. The SMILES string of the molecule is CCC(Oc1ccc(-c2ccccc2)cc1)C(=O)NNC(=O)CCC(=O)Nc1ccc(C)c(C)c1. The number of hydrazine groups is 1. The Morgan fingerprint density at radius 1 is 0.771 bits per heavy atom. The fraction of sp³-hybridized carbons (Fsp3) is 0.250. The smallest absolute Gasteiger partial charge is 0.279 e. The third-order valence-electron chi connectivity index (χ3n) is 5.60. The maximum atomic E-state index is 12.5. The number of anilines is 1. The van der Waals surface area contributed by atoms with E-state index < -0.39 is 17.9 Å². The number of aryl methyl sites for hydroxylation is 2. The predicted molar refractivity (Wildman–Crippen MR) is 137 cm³/mol. The summed E-state index contributed by atoms with van der Waals surface area (Å²) in [7, 11) is 0. The zero-order valence-corrected chi connectivity index (χ0v) is 20.3. The van der Waals surface area contributed by atoms with Crippen LogP contribution in [0.3, 0.4) is 0 Å². The molecule has 182 valence electrons. The van der Waals surface area contributed by atoms with Gasteiger partial charge in [0.1, 0.15) is 5.75 Å². The molecule has 3 aromatic carbocycles. The number of hydrogen-bond acceptors (Lipinski definition) is 4. The van der Waals surface area contributed by atoms with Crippen LogP contribution in [0.5, 0.6) is 5.75 Å². The van der Waals surface area contributed by atoms with Crippen LogP contribution in [0, 0.1) is 13.8 Å². The summed E-state index contributed by atoms with van der Waals surface area (Å²) in [5, 5.41) is 2.77. The molecular weight excluding hydrogens is 442 g/mol. The van der Waals surface area contributed by atoms with Crippen molar-refractivity contribution in [3.63, 3.8) is 0 Å². The number of carbonyl (C=O) groups excluding carboxylic acids is 3. The molecule has 7 heteroatoms. The monoisotopic (exact) mass is 473 g/mol. The summed E-state index contributed by atoms with van der Waals surface area (Å²) in [6, 6.07) is 23.1. The van der Waals surface area contributed by atoms with Crippen molar-refractivity contribution < 1.29 is 19.1 Å². The van der Waals surface area contributed by atoms with Crippen molar-refractivity contribution in [1.82, 2.24) is 10.9 Å². The van der Waals surface area contributed by atoms with Gasteiger partial charge in [0.2, 0.25) is 11.8 Å². The van der Waals surface area contributed by atoms with E-state index in [0.717, 1.165) is 22.3 Å². The van der Waals surface area contributed by atoms with E-state index in [1.165, 1.54) is 0 Å². The van der Waals surface area contributed by atoms with E-state index in [1.54, 1.807) is 0 Å². The molecule has 0 fully saturated rings. The first-order valence-corrected chi connectivity index (χ1v) is 11.6. The second-order valence-corrected chi connectivity index (χ2v) is 8.29. The minimum absolute atomic E-state index is 0.00387. The molecule has 1 unspecified atom stereocenters. The van der Waals surface area contributed by atoms with Gasteiger partial charge in [-0.15, -0.1) is 0 Å². The van der Waals surface area contributed by atoms with Crippen LogP contribution in [0.15, 0.2) is 72.8 Å². The van der Waals surface area contributed by atoms with Gasteiger partial charge in [-0.05, 0) is 66.8 Å². The molecule has 3 N–H and O–H groups in total. The van der Waals surface area contributed by atoms with Crippen molar-refractivity contribution in [3.05, 3.63) is 83.9 Å². The Morgan fingerprint density at radius 2 is 1.43 bits per heavy atom. The summed E-state index contributed by atoms with van der Waals surface area (Å²) in [5.74, 6) is -0.646. The largest absolute Gasteiger partial charge is 0.481 e. The average molecular weight is 474 g/mol. The summed E-state index contributed by atoms with van der Waals surface area (Å²) >= 11 is 0. The summed E-state index contributed by atoms with van der Waals surface area (Å²) in [5.41, 5.74) is 9.77. The van der Waals surface area contributed by atoms with E-state index in [2.05, 4.69) is 16.2 Å². The normalized spacial score (nSPS) is 11.3. The average Bonchev–Trinajstić information content (AvgIpc) is 2.87. The molecule has 7 nitrogen and oxygen atoms in total. The minimum atomic E-state index is -0.772. The lowest BCUT2D eigenvalue weighted by Gasteiger charge is -2.18. The second-order valence-electron chi connectivity index (χ2n) is 8.29. The molecule has 0 aliphatic carbocycles. The Kier molecular flexibility index (Phi) is 9.01. The fourth-order valence-electron chi connectivity index (χ4n) is 3.39. The Balaban J connectivity index is 1.42. The number of hydrogen-bond donors (Lipinski definition) is 3. The third kappa shape index (κ3) is 7.71. The zero-order valence-electron chi connectivity index (χ0n) is 20.3. The molecule has 0 aromatic heterocycles. The molecule has 1 atom stereocenters. The van der Waals surface area contributed by atoms with Crippen molar-refractivity contribution in [2.45, 2.75) is 46.1 Å². The first kappa shape index (κ1) is 25.5. The van der Waals surface area contributed by atoms with Gasteiger partial charge < -0.3 is 10.1 Å². The first-order valence-electron chi connectivity index (χ1n) is 11.6. The molecule has 3 amide bonds. The molecule has 3 rings (SSSR count). The number of ether oxygens (including phenoxy) is 1. The van der Waals surface area contributed by atoms with Crippen LogP contribution < -0.4 is 20.9 Å². The van der Waals surface area contributed by atoms with Crippen LogP contribution in [-0.2, 0) is 14.4 Å². The van der Waals surface area contributed by atoms with Gasteiger partial charge in [0.25, 0.3) is 5.91 Å². The summed E-state index contributed by atoms with van der Waals surface area (Å²) < 4.78 is 5.80. The Labute approximate surface area is 205 Å². The quantitative estimate of drug-likeness (QED) is 0.393. The van der Waals surface area contributed by atoms with Gasteiger partial charge in [-0.1, -0.05) is 55.5 Å². The Bertz CT molecular complexity index is 1160.